The van der Waals surface area contributed by atoms with E-state index in [1.807, 2.05) is 0 Å². The van der Waals surface area contributed by atoms with Crippen LogP contribution in [0.2, 0.25) is 0 Å². The predicted octanol–water partition coefficient (Wildman–Crippen LogP) is 0.848. The Balaban J connectivity index is 2.25. The first-order valence-corrected chi connectivity index (χ1v) is 6.24. The Labute approximate surface area is 74.0 Å². The number of ether oxygens (including phenoxy) is 1. The molecule has 0 N–H and O–H groups in total. The van der Waals surface area contributed by atoms with E-state index < -0.39 is 9.84 Å². The van der Waals surface area contributed by atoms with Gasteiger partial charge in [0.25, 0.3) is 0 Å². The van der Waals surface area contributed by atoms with Gasteiger partial charge in [0.2, 0.25) is 0 Å². The van der Waals surface area contributed by atoms with E-state index in [9.17, 15) is 8.42 Å². The highest BCUT2D eigenvalue weighted by Crippen LogP contribution is 2.16. The summed E-state index contributed by atoms with van der Waals surface area (Å²) in [6.07, 6.45) is 1.80. The Kier molecular flexibility index (Phi) is 3.53. The summed E-state index contributed by atoms with van der Waals surface area (Å²) >= 11 is 0. The summed E-state index contributed by atoms with van der Waals surface area (Å²) in [7, 11) is -2.76. The van der Waals surface area contributed by atoms with Crippen LogP contribution in [0.15, 0.2) is 0 Å². The van der Waals surface area contributed by atoms with Crippen LogP contribution in [-0.4, -0.2) is 33.1 Å². The lowest BCUT2D eigenvalue weighted by Crippen LogP contribution is -2.13. The standard InChI is InChI=1S/C8H16O3S/c1-2-12(9,10)6-4-8-3-5-11-7-8/h8H,2-7H2,1H3/t8-/m0/s1. The van der Waals surface area contributed by atoms with Gasteiger partial charge in [0, 0.05) is 19.0 Å². The molecule has 0 aliphatic carbocycles. The zero-order chi connectivity index (χ0) is 9.03. The molecule has 4 heteroatoms. The van der Waals surface area contributed by atoms with Crippen molar-refractivity contribution in [2.45, 2.75) is 19.8 Å². The first-order chi connectivity index (χ1) is 5.64. The van der Waals surface area contributed by atoms with Crippen molar-refractivity contribution in [2.24, 2.45) is 5.92 Å². The van der Waals surface area contributed by atoms with Crippen LogP contribution in [0.4, 0.5) is 0 Å². The SMILES string of the molecule is CCS(=O)(=O)CC[C@@H]1CCOC1. The zero-order valence-corrected chi connectivity index (χ0v) is 8.27. The van der Waals surface area contributed by atoms with Gasteiger partial charge in [0.1, 0.15) is 9.84 Å². The van der Waals surface area contributed by atoms with Crippen LogP contribution < -0.4 is 0 Å². The van der Waals surface area contributed by atoms with Gasteiger partial charge in [-0.3, -0.25) is 0 Å². The van der Waals surface area contributed by atoms with Gasteiger partial charge in [-0.2, -0.15) is 0 Å². The lowest BCUT2D eigenvalue weighted by atomic mass is 10.1. The molecule has 1 fully saturated rings. The first kappa shape index (κ1) is 9.99. The number of hydrogen-bond donors (Lipinski definition) is 0. The van der Waals surface area contributed by atoms with Crippen molar-refractivity contribution in [2.75, 3.05) is 24.7 Å². The number of sulfone groups is 1. The van der Waals surface area contributed by atoms with Crippen molar-refractivity contribution in [3.63, 3.8) is 0 Å². The molecule has 1 heterocycles. The summed E-state index contributed by atoms with van der Waals surface area (Å²) in [6.45, 7) is 3.25. The highest BCUT2D eigenvalue weighted by molar-refractivity contribution is 7.91. The minimum Gasteiger partial charge on any atom is -0.381 e. The summed E-state index contributed by atoms with van der Waals surface area (Å²) in [5.41, 5.74) is 0. The van der Waals surface area contributed by atoms with E-state index in [-0.39, 0.29) is 5.75 Å². The molecule has 0 amide bonds. The predicted molar refractivity (Wildman–Crippen MR) is 47.9 cm³/mol. The Morgan fingerprint density at radius 3 is 2.75 bits per heavy atom. The van der Waals surface area contributed by atoms with Crippen molar-refractivity contribution < 1.29 is 13.2 Å². The minimum absolute atomic E-state index is 0.264. The molecule has 0 spiro atoms. The lowest BCUT2D eigenvalue weighted by Gasteiger charge is -2.05. The third-order valence-electron chi connectivity index (χ3n) is 2.30. The molecule has 1 aliphatic rings. The van der Waals surface area contributed by atoms with Gasteiger partial charge in [-0.25, -0.2) is 8.42 Å². The van der Waals surface area contributed by atoms with Crippen molar-refractivity contribution in [3.05, 3.63) is 0 Å². The molecule has 0 saturated carbocycles. The van der Waals surface area contributed by atoms with Crippen molar-refractivity contribution in [1.29, 1.82) is 0 Å². The lowest BCUT2D eigenvalue weighted by molar-refractivity contribution is 0.185. The molecule has 0 bridgehead atoms. The summed E-state index contributed by atoms with van der Waals surface area (Å²) in [5.74, 6) is 1.07. The van der Waals surface area contributed by atoms with Gasteiger partial charge in [-0.05, 0) is 18.8 Å². The van der Waals surface area contributed by atoms with Crippen LogP contribution in [-0.2, 0) is 14.6 Å². The Hall–Kier alpha value is -0.0900. The largest absolute Gasteiger partial charge is 0.381 e. The van der Waals surface area contributed by atoms with Crippen LogP contribution in [0.25, 0.3) is 0 Å². The molecule has 1 rings (SSSR count). The molecular formula is C8H16O3S. The molecule has 1 atom stereocenters. The minimum atomic E-state index is -2.76. The van der Waals surface area contributed by atoms with E-state index in [0.717, 1.165) is 26.1 Å². The fourth-order valence-electron chi connectivity index (χ4n) is 1.30. The molecule has 1 aliphatic heterocycles. The third kappa shape index (κ3) is 3.11. The van der Waals surface area contributed by atoms with Gasteiger partial charge in [0.05, 0.1) is 5.75 Å². The Morgan fingerprint density at radius 2 is 2.25 bits per heavy atom. The van der Waals surface area contributed by atoms with E-state index in [1.165, 1.54) is 0 Å². The highest BCUT2D eigenvalue weighted by atomic mass is 32.2. The Bertz CT molecular complexity index is 214. The van der Waals surface area contributed by atoms with Gasteiger partial charge in [-0.1, -0.05) is 6.92 Å². The summed E-state index contributed by atoms with van der Waals surface area (Å²) in [6, 6.07) is 0. The second-order valence-corrected chi connectivity index (χ2v) is 5.73. The normalized spacial score (nSPS) is 24.6. The fraction of sp³-hybridized carbons (Fsp3) is 1.00. The number of hydrogen-bond acceptors (Lipinski definition) is 3. The molecular weight excluding hydrogens is 176 g/mol. The molecule has 3 nitrogen and oxygen atoms in total. The highest BCUT2D eigenvalue weighted by Gasteiger charge is 2.18. The monoisotopic (exact) mass is 192 g/mol. The first-order valence-electron chi connectivity index (χ1n) is 4.42. The van der Waals surface area contributed by atoms with Gasteiger partial charge in [-0.15, -0.1) is 0 Å². The quantitative estimate of drug-likeness (QED) is 0.663. The third-order valence-corrected chi connectivity index (χ3v) is 4.04. The van der Waals surface area contributed by atoms with E-state index in [2.05, 4.69) is 0 Å². The summed E-state index contributed by atoms with van der Waals surface area (Å²) < 4.78 is 27.4. The molecule has 1 saturated heterocycles. The maximum Gasteiger partial charge on any atom is 0.150 e. The fourth-order valence-corrected chi connectivity index (χ4v) is 2.28. The zero-order valence-electron chi connectivity index (χ0n) is 7.45. The average Bonchev–Trinajstić information content (AvgIpc) is 2.53. The Morgan fingerprint density at radius 1 is 1.50 bits per heavy atom. The van der Waals surface area contributed by atoms with Gasteiger partial charge < -0.3 is 4.74 Å². The van der Waals surface area contributed by atoms with Crippen LogP contribution in [0.1, 0.15) is 19.8 Å². The number of rotatable bonds is 4. The van der Waals surface area contributed by atoms with Crippen LogP contribution >= 0.6 is 0 Å². The van der Waals surface area contributed by atoms with Crippen molar-refractivity contribution in [1.82, 2.24) is 0 Å². The van der Waals surface area contributed by atoms with E-state index in [4.69, 9.17) is 4.74 Å². The van der Waals surface area contributed by atoms with Crippen LogP contribution in [0, 0.1) is 5.92 Å². The topological polar surface area (TPSA) is 43.4 Å². The second kappa shape index (κ2) is 4.23. The molecule has 0 unspecified atom stereocenters. The molecule has 12 heavy (non-hydrogen) atoms. The van der Waals surface area contributed by atoms with Crippen LogP contribution in [0.3, 0.4) is 0 Å². The smallest absolute Gasteiger partial charge is 0.150 e. The van der Waals surface area contributed by atoms with Gasteiger partial charge in [0.15, 0.2) is 0 Å². The van der Waals surface area contributed by atoms with E-state index in [0.29, 0.717) is 11.7 Å². The summed E-state index contributed by atoms with van der Waals surface area (Å²) in [5, 5.41) is 0. The van der Waals surface area contributed by atoms with Crippen molar-refractivity contribution >= 4 is 9.84 Å². The maximum atomic E-state index is 11.1. The van der Waals surface area contributed by atoms with Gasteiger partial charge >= 0.3 is 0 Å². The second-order valence-electron chi connectivity index (χ2n) is 3.25. The molecule has 0 aromatic rings. The van der Waals surface area contributed by atoms with E-state index in [1.54, 1.807) is 6.92 Å². The average molecular weight is 192 g/mol. The summed E-state index contributed by atoms with van der Waals surface area (Å²) in [4.78, 5) is 0. The van der Waals surface area contributed by atoms with E-state index >= 15 is 0 Å². The molecule has 0 aromatic carbocycles. The molecule has 0 aromatic heterocycles. The molecule has 72 valence electrons. The molecule has 0 radical (unpaired) electrons. The van der Waals surface area contributed by atoms with Crippen LogP contribution in [0.5, 0.6) is 0 Å². The van der Waals surface area contributed by atoms with Crippen molar-refractivity contribution in [3.8, 4) is 0 Å². The maximum absolute atomic E-state index is 11.1.